The van der Waals surface area contributed by atoms with Crippen LogP contribution in [0.3, 0.4) is 0 Å². The quantitative estimate of drug-likeness (QED) is 0.815. The van der Waals surface area contributed by atoms with Crippen molar-refractivity contribution in [2.24, 2.45) is 0 Å². The zero-order chi connectivity index (χ0) is 13.8. The minimum absolute atomic E-state index is 0.984. The molecule has 1 heterocycles. The maximum absolute atomic E-state index is 3.51. The van der Waals surface area contributed by atoms with Crippen LogP contribution in [0.2, 0.25) is 0 Å². The van der Waals surface area contributed by atoms with Gasteiger partial charge in [0, 0.05) is 10.0 Å². The molecular formula is C17H27BrN2+2. The van der Waals surface area contributed by atoms with E-state index in [0.29, 0.717) is 0 Å². The molecule has 2 fully saturated rings. The van der Waals surface area contributed by atoms with Gasteiger partial charge in [-0.2, -0.15) is 0 Å². The molecule has 1 aromatic rings. The molecule has 2 nitrogen and oxygen atoms in total. The normalized spacial score (nSPS) is 28.4. The highest BCUT2D eigenvalue weighted by atomic mass is 79.9. The molecule has 0 atom stereocenters. The van der Waals surface area contributed by atoms with Crippen LogP contribution in [0.5, 0.6) is 0 Å². The topological polar surface area (TPSA) is 8.88 Å². The Hall–Kier alpha value is -0.380. The Labute approximate surface area is 131 Å². The molecule has 3 heteroatoms. The maximum Gasteiger partial charge on any atom is 0.127 e. The van der Waals surface area contributed by atoms with Crippen molar-refractivity contribution in [2.75, 3.05) is 26.2 Å². The van der Waals surface area contributed by atoms with E-state index in [0.717, 1.165) is 6.04 Å². The molecule has 0 radical (unpaired) electrons. The molecule has 0 unspecified atom stereocenters. The van der Waals surface area contributed by atoms with Gasteiger partial charge in [-0.25, -0.2) is 0 Å². The van der Waals surface area contributed by atoms with Gasteiger partial charge in [0.05, 0.1) is 6.04 Å². The molecular weight excluding hydrogens is 312 g/mol. The number of rotatable bonds is 3. The van der Waals surface area contributed by atoms with E-state index in [4.69, 9.17) is 0 Å². The molecule has 0 bridgehead atoms. The number of nitrogens with one attached hydrogen (secondary N) is 2. The molecule has 1 saturated heterocycles. The van der Waals surface area contributed by atoms with Crippen LogP contribution >= 0.6 is 15.9 Å². The van der Waals surface area contributed by atoms with Crippen molar-refractivity contribution in [3.05, 3.63) is 34.3 Å². The molecule has 1 aromatic carbocycles. The minimum atomic E-state index is 0.984. The second kappa shape index (κ2) is 7.06. The summed E-state index contributed by atoms with van der Waals surface area (Å²) >= 11 is 3.51. The molecule has 2 aliphatic rings. The summed E-state index contributed by atoms with van der Waals surface area (Å²) in [5, 5.41) is 0. The van der Waals surface area contributed by atoms with Crippen LogP contribution in [-0.2, 0) is 6.54 Å². The summed E-state index contributed by atoms with van der Waals surface area (Å²) < 4.78 is 1.18. The van der Waals surface area contributed by atoms with Gasteiger partial charge in [-0.1, -0.05) is 34.5 Å². The van der Waals surface area contributed by atoms with Crippen molar-refractivity contribution in [2.45, 2.75) is 44.7 Å². The van der Waals surface area contributed by atoms with E-state index in [9.17, 15) is 0 Å². The summed E-state index contributed by atoms with van der Waals surface area (Å²) in [6.45, 7) is 6.67. The fraction of sp³-hybridized carbons (Fsp3) is 0.647. The van der Waals surface area contributed by atoms with Crippen LogP contribution in [0.4, 0.5) is 0 Å². The van der Waals surface area contributed by atoms with Crippen molar-refractivity contribution in [3.8, 4) is 0 Å². The third-order valence-electron chi connectivity index (χ3n) is 5.15. The van der Waals surface area contributed by atoms with Gasteiger partial charge in [0.15, 0.2) is 0 Å². The fourth-order valence-electron chi connectivity index (χ4n) is 3.91. The third kappa shape index (κ3) is 3.84. The van der Waals surface area contributed by atoms with Gasteiger partial charge < -0.3 is 9.80 Å². The predicted octanol–water partition coefficient (Wildman–Crippen LogP) is 1.07. The summed E-state index contributed by atoms with van der Waals surface area (Å²) in [7, 11) is 0. The van der Waals surface area contributed by atoms with Crippen molar-refractivity contribution in [1.82, 2.24) is 0 Å². The lowest BCUT2D eigenvalue weighted by atomic mass is 9.94. The first-order chi connectivity index (χ1) is 9.81. The van der Waals surface area contributed by atoms with E-state index >= 15 is 0 Å². The highest BCUT2D eigenvalue weighted by Crippen LogP contribution is 2.15. The Kier molecular flexibility index (Phi) is 5.14. The lowest BCUT2D eigenvalue weighted by molar-refractivity contribution is -1.03. The monoisotopic (exact) mass is 338 g/mol. The molecule has 1 aliphatic heterocycles. The van der Waals surface area contributed by atoms with Gasteiger partial charge in [0.2, 0.25) is 0 Å². The van der Waals surface area contributed by atoms with E-state index in [1.165, 1.54) is 74.9 Å². The first-order valence-electron chi connectivity index (χ1n) is 8.24. The summed E-state index contributed by atoms with van der Waals surface area (Å²) in [6.07, 6.45) is 7.40. The first kappa shape index (κ1) is 14.6. The smallest absolute Gasteiger partial charge is 0.127 e. The molecule has 1 saturated carbocycles. The van der Waals surface area contributed by atoms with Crippen molar-refractivity contribution in [1.29, 1.82) is 0 Å². The van der Waals surface area contributed by atoms with Crippen LogP contribution in [0, 0.1) is 0 Å². The lowest BCUT2D eigenvalue weighted by Crippen LogP contribution is -3.29. The summed E-state index contributed by atoms with van der Waals surface area (Å²) in [4.78, 5) is 3.68. The highest BCUT2D eigenvalue weighted by molar-refractivity contribution is 9.10. The Balaban J connectivity index is 1.47. The van der Waals surface area contributed by atoms with Gasteiger partial charge in [-0.3, -0.25) is 0 Å². The molecule has 3 rings (SSSR count). The number of quaternary nitrogens is 2. The van der Waals surface area contributed by atoms with Crippen LogP contribution in [0.15, 0.2) is 28.7 Å². The third-order valence-corrected chi connectivity index (χ3v) is 5.68. The zero-order valence-corrected chi connectivity index (χ0v) is 13.9. The molecule has 0 amide bonds. The highest BCUT2D eigenvalue weighted by Gasteiger charge is 2.30. The maximum atomic E-state index is 3.51. The molecule has 1 aliphatic carbocycles. The van der Waals surface area contributed by atoms with Gasteiger partial charge in [-0.15, -0.1) is 0 Å². The molecule has 0 aromatic heterocycles. The number of hydrogen-bond donors (Lipinski definition) is 2. The van der Waals surface area contributed by atoms with E-state index in [2.05, 4.69) is 40.2 Å². The Morgan fingerprint density at radius 3 is 2.20 bits per heavy atom. The minimum Gasteiger partial charge on any atom is -0.323 e. The fourth-order valence-corrected chi connectivity index (χ4v) is 4.18. The largest absolute Gasteiger partial charge is 0.323 e. The van der Waals surface area contributed by atoms with Crippen LogP contribution < -0.4 is 9.80 Å². The van der Waals surface area contributed by atoms with Crippen molar-refractivity contribution >= 4 is 15.9 Å². The van der Waals surface area contributed by atoms with E-state index in [1.54, 1.807) is 4.90 Å². The van der Waals surface area contributed by atoms with Gasteiger partial charge >= 0.3 is 0 Å². The summed E-state index contributed by atoms with van der Waals surface area (Å²) in [6, 6.07) is 9.84. The number of piperazine rings is 1. The molecule has 2 N–H and O–H groups in total. The van der Waals surface area contributed by atoms with E-state index < -0.39 is 0 Å². The average molecular weight is 339 g/mol. The van der Waals surface area contributed by atoms with Crippen LogP contribution in [-0.4, -0.2) is 32.2 Å². The Morgan fingerprint density at radius 2 is 1.55 bits per heavy atom. The van der Waals surface area contributed by atoms with Gasteiger partial charge in [0.1, 0.15) is 32.7 Å². The van der Waals surface area contributed by atoms with Crippen molar-refractivity contribution in [3.63, 3.8) is 0 Å². The summed E-state index contributed by atoms with van der Waals surface area (Å²) in [5.41, 5.74) is 1.48. The standard InChI is InChI=1S/C17H25BrN2/c18-16-8-6-15(7-9-16)14-19-10-12-20(13-11-19)17-4-2-1-3-5-17/h6-9,17H,1-5,10-14H2/p+2. The number of halogens is 1. The van der Waals surface area contributed by atoms with Crippen molar-refractivity contribution < 1.29 is 9.80 Å². The Bertz CT molecular complexity index is 404. The van der Waals surface area contributed by atoms with Gasteiger partial charge in [-0.05, 0) is 37.8 Å². The average Bonchev–Trinajstić information content (AvgIpc) is 2.51. The predicted molar refractivity (Wildman–Crippen MR) is 86.1 cm³/mol. The zero-order valence-electron chi connectivity index (χ0n) is 12.3. The second-order valence-corrected chi connectivity index (χ2v) is 7.46. The second-order valence-electron chi connectivity index (χ2n) is 6.55. The van der Waals surface area contributed by atoms with Gasteiger partial charge in [0.25, 0.3) is 0 Å². The van der Waals surface area contributed by atoms with E-state index in [-0.39, 0.29) is 0 Å². The molecule has 110 valence electrons. The first-order valence-corrected chi connectivity index (χ1v) is 9.03. The molecule has 0 spiro atoms. The van der Waals surface area contributed by atoms with Crippen LogP contribution in [0.25, 0.3) is 0 Å². The Morgan fingerprint density at radius 1 is 0.900 bits per heavy atom. The SMILES string of the molecule is Brc1ccc(C[NH+]2CC[NH+](C3CCCCC3)CC2)cc1. The number of hydrogen-bond acceptors (Lipinski definition) is 0. The lowest BCUT2D eigenvalue weighted by Gasteiger charge is -2.36. The molecule has 20 heavy (non-hydrogen) atoms. The van der Waals surface area contributed by atoms with Crippen LogP contribution in [0.1, 0.15) is 37.7 Å². The summed E-state index contributed by atoms with van der Waals surface area (Å²) in [5.74, 6) is 0. The van der Waals surface area contributed by atoms with E-state index in [1.807, 2.05) is 4.90 Å². The number of benzene rings is 1.